The molecule has 3 N–H and O–H groups in total. The lowest BCUT2D eigenvalue weighted by Gasteiger charge is -2.32. The molecule has 1 heterocycles. The van der Waals surface area contributed by atoms with Crippen molar-refractivity contribution in [1.29, 1.82) is 0 Å². The lowest BCUT2D eigenvalue weighted by molar-refractivity contribution is -0.125. The molecule has 0 radical (unpaired) electrons. The second-order valence-corrected chi connectivity index (χ2v) is 7.91. The summed E-state index contributed by atoms with van der Waals surface area (Å²) in [6, 6.07) is -0.816. The average Bonchev–Trinajstić information content (AvgIpc) is 2.34. The third-order valence-electron chi connectivity index (χ3n) is 3.40. The van der Waals surface area contributed by atoms with Gasteiger partial charge in [0.25, 0.3) is 0 Å². The summed E-state index contributed by atoms with van der Waals surface area (Å²) < 4.78 is 30.2. The van der Waals surface area contributed by atoms with E-state index in [1.54, 1.807) is 0 Å². The summed E-state index contributed by atoms with van der Waals surface area (Å²) in [4.78, 5) is 12.2. The van der Waals surface area contributed by atoms with Crippen molar-refractivity contribution in [1.82, 2.24) is 10.0 Å². The quantitative estimate of drug-likeness (QED) is 0.592. The number of hydrogen-bond donors (Lipinski definition) is 3. The predicted molar refractivity (Wildman–Crippen MR) is 79.2 cm³/mol. The normalized spacial score (nSPS) is 20.2. The molecular weight excluding hydrogens is 296 g/mol. The molecule has 1 fully saturated rings. The van der Waals surface area contributed by atoms with Crippen molar-refractivity contribution >= 4 is 15.9 Å². The lowest BCUT2D eigenvalue weighted by atomic mass is 9.94. The SMILES string of the molecule is CC(C)CC(NS(C)(=O)=O)C(=O)NCC1(O)CCOCC1. The highest BCUT2D eigenvalue weighted by Crippen LogP contribution is 2.19. The summed E-state index contributed by atoms with van der Waals surface area (Å²) in [6.07, 6.45) is 2.35. The minimum Gasteiger partial charge on any atom is -0.388 e. The van der Waals surface area contributed by atoms with Gasteiger partial charge in [0.15, 0.2) is 0 Å². The molecule has 1 amide bonds. The van der Waals surface area contributed by atoms with E-state index in [1.807, 2.05) is 13.8 Å². The number of carbonyl (C=O) groups excluding carboxylic acids is 1. The first-order valence-corrected chi connectivity index (χ1v) is 9.05. The molecule has 1 atom stereocenters. The first-order chi connectivity index (χ1) is 9.61. The number of hydrogen-bond acceptors (Lipinski definition) is 5. The number of aliphatic hydroxyl groups is 1. The first-order valence-electron chi connectivity index (χ1n) is 7.16. The molecule has 1 aliphatic rings. The van der Waals surface area contributed by atoms with Crippen molar-refractivity contribution in [3.05, 3.63) is 0 Å². The number of nitrogens with one attached hydrogen (secondary N) is 2. The first kappa shape index (κ1) is 18.3. The Bertz CT molecular complexity index is 443. The van der Waals surface area contributed by atoms with Crippen molar-refractivity contribution in [2.45, 2.75) is 44.8 Å². The number of rotatable bonds is 7. The van der Waals surface area contributed by atoms with Gasteiger partial charge in [0.1, 0.15) is 6.04 Å². The topological polar surface area (TPSA) is 105 Å². The number of sulfonamides is 1. The molecule has 0 aromatic carbocycles. The smallest absolute Gasteiger partial charge is 0.238 e. The Kier molecular flexibility index (Phi) is 6.58. The number of ether oxygens (including phenoxy) is 1. The van der Waals surface area contributed by atoms with Crippen LogP contribution in [0.5, 0.6) is 0 Å². The Morgan fingerprint density at radius 1 is 1.33 bits per heavy atom. The molecule has 0 aromatic rings. The van der Waals surface area contributed by atoms with Gasteiger partial charge in [-0.1, -0.05) is 13.8 Å². The molecule has 0 aromatic heterocycles. The molecular formula is C13H26N2O5S. The van der Waals surface area contributed by atoms with Crippen molar-refractivity contribution in [3.8, 4) is 0 Å². The molecule has 0 aliphatic carbocycles. The van der Waals surface area contributed by atoms with Crippen molar-refractivity contribution in [3.63, 3.8) is 0 Å². The molecule has 21 heavy (non-hydrogen) atoms. The summed E-state index contributed by atoms with van der Waals surface area (Å²) in [5.41, 5.74) is -0.971. The second kappa shape index (κ2) is 7.53. The molecule has 1 aliphatic heterocycles. The van der Waals surface area contributed by atoms with E-state index in [0.717, 1.165) is 6.26 Å². The van der Waals surface area contributed by atoms with Gasteiger partial charge in [-0.2, -0.15) is 0 Å². The fourth-order valence-electron chi connectivity index (χ4n) is 2.24. The van der Waals surface area contributed by atoms with E-state index in [1.165, 1.54) is 0 Å². The molecule has 1 saturated heterocycles. The fourth-order valence-corrected chi connectivity index (χ4v) is 2.96. The zero-order chi connectivity index (χ0) is 16.1. The van der Waals surface area contributed by atoms with Crippen LogP contribution in [0.2, 0.25) is 0 Å². The Labute approximate surface area is 126 Å². The Balaban J connectivity index is 2.59. The highest BCUT2D eigenvalue weighted by molar-refractivity contribution is 7.88. The maximum Gasteiger partial charge on any atom is 0.238 e. The number of carbonyl (C=O) groups is 1. The molecule has 7 nitrogen and oxygen atoms in total. The van der Waals surface area contributed by atoms with Crippen LogP contribution in [0.1, 0.15) is 33.1 Å². The maximum absolute atomic E-state index is 12.2. The molecule has 1 rings (SSSR count). The Hall–Kier alpha value is -0.700. The Morgan fingerprint density at radius 2 is 1.90 bits per heavy atom. The van der Waals surface area contributed by atoms with E-state index in [-0.39, 0.29) is 12.5 Å². The van der Waals surface area contributed by atoms with Crippen molar-refractivity contribution in [2.24, 2.45) is 5.92 Å². The van der Waals surface area contributed by atoms with Crippen LogP contribution < -0.4 is 10.0 Å². The largest absolute Gasteiger partial charge is 0.388 e. The fraction of sp³-hybridized carbons (Fsp3) is 0.923. The third kappa shape index (κ3) is 7.21. The van der Waals surface area contributed by atoms with Gasteiger partial charge >= 0.3 is 0 Å². The standard InChI is InChI=1S/C13H26N2O5S/c1-10(2)8-11(15-21(3,18)19)12(16)14-9-13(17)4-6-20-7-5-13/h10-11,15,17H,4-9H2,1-3H3,(H,14,16). The van der Waals surface area contributed by atoms with Crippen molar-refractivity contribution < 1.29 is 23.1 Å². The van der Waals surface area contributed by atoms with Crippen LogP contribution in [0, 0.1) is 5.92 Å². The average molecular weight is 322 g/mol. The molecule has 1 unspecified atom stereocenters. The zero-order valence-electron chi connectivity index (χ0n) is 12.9. The van der Waals surface area contributed by atoms with Gasteiger partial charge in [0, 0.05) is 32.6 Å². The minimum absolute atomic E-state index is 0.106. The van der Waals surface area contributed by atoms with Crippen LogP contribution in [-0.4, -0.2) is 57.1 Å². The van der Waals surface area contributed by atoms with Crippen LogP contribution in [0.15, 0.2) is 0 Å². The summed E-state index contributed by atoms with van der Waals surface area (Å²) >= 11 is 0. The van der Waals surface area contributed by atoms with Crippen molar-refractivity contribution in [2.75, 3.05) is 26.0 Å². The van der Waals surface area contributed by atoms with E-state index in [2.05, 4.69) is 10.0 Å². The van der Waals surface area contributed by atoms with Gasteiger partial charge < -0.3 is 15.2 Å². The minimum atomic E-state index is -3.47. The summed E-state index contributed by atoms with van der Waals surface area (Å²) in [5, 5.41) is 12.9. The van der Waals surface area contributed by atoms with Gasteiger partial charge in [0.05, 0.1) is 11.9 Å². The second-order valence-electron chi connectivity index (χ2n) is 6.13. The summed E-state index contributed by atoms with van der Waals surface area (Å²) in [6.45, 7) is 4.86. The molecule has 124 valence electrons. The van der Waals surface area contributed by atoms with Gasteiger partial charge in [-0.15, -0.1) is 0 Å². The predicted octanol–water partition coefficient (Wildman–Crippen LogP) is -0.392. The maximum atomic E-state index is 12.2. The molecule has 0 spiro atoms. The van der Waals surface area contributed by atoms with E-state index in [0.29, 0.717) is 32.5 Å². The van der Waals surface area contributed by atoms with Gasteiger partial charge in [-0.3, -0.25) is 4.79 Å². The van der Waals surface area contributed by atoms with E-state index in [9.17, 15) is 18.3 Å². The lowest BCUT2D eigenvalue weighted by Crippen LogP contribution is -2.52. The van der Waals surface area contributed by atoms with E-state index in [4.69, 9.17) is 4.74 Å². The molecule has 8 heteroatoms. The van der Waals surface area contributed by atoms with E-state index < -0.39 is 27.6 Å². The Morgan fingerprint density at radius 3 is 2.38 bits per heavy atom. The number of amides is 1. The molecule has 0 bridgehead atoms. The van der Waals surface area contributed by atoms with Gasteiger partial charge in [0.2, 0.25) is 15.9 Å². The zero-order valence-corrected chi connectivity index (χ0v) is 13.7. The van der Waals surface area contributed by atoms with Crippen LogP contribution in [-0.2, 0) is 19.6 Å². The molecule has 0 saturated carbocycles. The van der Waals surface area contributed by atoms with Gasteiger partial charge in [-0.05, 0) is 12.3 Å². The summed E-state index contributed by atoms with van der Waals surface area (Å²) in [5.74, 6) is -0.241. The highest BCUT2D eigenvalue weighted by atomic mass is 32.2. The van der Waals surface area contributed by atoms with E-state index >= 15 is 0 Å². The third-order valence-corrected chi connectivity index (χ3v) is 4.11. The van der Waals surface area contributed by atoms with Crippen LogP contribution >= 0.6 is 0 Å². The van der Waals surface area contributed by atoms with Crippen LogP contribution in [0.25, 0.3) is 0 Å². The van der Waals surface area contributed by atoms with Crippen LogP contribution in [0.3, 0.4) is 0 Å². The van der Waals surface area contributed by atoms with Gasteiger partial charge in [-0.25, -0.2) is 13.1 Å². The summed E-state index contributed by atoms with van der Waals surface area (Å²) in [7, 11) is -3.47. The van der Waals surface area contributed by atoms with Crippen LogP contribution in [0.4, 0.5) is 0 Å². The highest BCUT2D eigenvalue weighted by Gasteiger charge is 2.31. The monoisotopic (exact) mass is 322 g/mol.